The molecule has 2 aromatic heterocycles. The van der Waals surface area contributed by atoms with Crippen molar-refractivity contribution in [1.29, 1.82) is 0 Å². The summed E-state index contributed by atoms with van der Waals surface area (Å²) in [7, 11) is 0. The third-order valence-electron chi connectivity index (χ3n) is 8.83. The first-order valence-electron chi connectivity index (χ1n) is 15.0. The van der Waals surface area contributed by atoms with E-state index >= 15 is 0 Å². The number of rotatable bonds is 3. The predicted octanol–water partition coefficient (Wildman–Crippen LogP) is 9.33. The summed E-state index contributed by atoms with van der Waals surface area (Å²) in [6, 6.07) is 46.5. The van der Waals surface area contributed by atoms with Gasteiger partial charge in [0.05, 0.1) is 38.0 Å². The zero-order valence-corrected chi connectivity index (χ0v) is 24.7. The first kappa shape index (κ1) is 24.6. The molecule has 0 aliphatic carbocycles. The minimum Gasteiger partial charge on any atom is -0.248 e. The maximum atomic E-state index is 5.37. The van der Waals surface area contributed by atoms with Crippen LogP contribution in [0.3, 0.4) is 0 Å². The molecular formula is C40H22N4S. The van der Waals surface area contributed by atoms with Gasteiger partial charge in [0, 0.05) is 42.8 Å². The number of benzene rings is 6. The van der Waals surface area contributed by atoms with Crippen LogP contribution in [0.4, 0.5) is 11.4 Å². The van der Waals surface area contributed by atoms with Crippen molar-refractivity contribution in [1.82, 2.24) is 9.97 Å². The molecule has 0 N–H and O–H groups in total. The lowest BCUT2D eigenvalue weighted by molar-refractivity contribution is 1.24. The standard InChI is InChI=1S/C40H22N4S/c1-3-11-23(12-4-1)25-16-9-18-29-37-39(45-38(25)29)35(24-13-5-2-6-14-24)43-40(44-37)28-17-10-20-31-33(28)34-32(41-31)22-21-27-26-15-7-8-19-30(26)42-36(27)34/h1-22H. The Kier molecular flexibility index (Phi) is 5.12. The van der Waals surface area contributed by atoms with Crippen molar-refractivity contribution in [3.63, 3.8) is 0 Å². The Labute approximate surface area is 261 Å². The smallest absolute Gasteiger partial charge is 0.161 e. The van der Waals surface area contributed by atoms with E-state index in [4.69, 9.17) is 20.0 Å². The predicted molar refractivity (Wildman–Crippen MR) is 182 cm³/mol. The van der Waals surface area contributed by atoms with Crippen LogP contribution in [-0.2, 0) is 0 Å². The lowest BCUT2D eigenvalue weighted by Crippen LogP contribution is -2.01. The maximum absolute atomic E-state index is 5.37. The van der Waals surface area contributed by atoms with E-state index in [1.807, 2.05) is 12.1 Å². The number of aromatic nitrogens is 2. The van der Waals surface area contributed by atoms with Gasteiger partial charge in [-0.15, -0.1) is 11.3 Å². The van der Waals surface area contributed by atoms with E-state index in [1.165, 1.54) is 15.8 Å². The van der Waals surface area contributed by atoms with Gasteiger partial charge in [-0.1, -0.05) is 109 Å². The third-order valence-corrected chi connectivity index (χ3v) is 10.1. The van der Waals surface area contributed by atoms with E-state index in [1.54, 1.807) is 11.3 Å². The van der Waals surface area contributed by atoms with Gasteiger partial charge in [0.25, 0.3) is 0 Å². The van der Waals surface area contributed by atoms with E-state index in [9.17, 15) is 0 Å². The summed E-state index contributed by atoms with van der Waals surface area (Å²) in [5.74, 6) is 0.694. The highest BCUT2D eigenvalue weighted by molar-refractivity contribution is 7.26. The monoisotopic (exact) mass is 590 g/mol. The summed E-state index contributed by atoms with van der Waals surface area (Å²) in [6.07, 6.45) is 0. The molecule has 4 nitrogen and oxygen atoms in total. The highest BCUT2D eigenvalue weighted by Crippen LogP contribution is 2.47. The first-order valence-corrected chi connectivity index (χ1v) is 15.8. The quantitative estimate of drug-likeness (QED) is 0.206. The van der Waals surface area contributed by atoms with Gasteiger partial charge >= 0.3 is 0 Å². The van der Waals surface area contributed by atoms with Crippen LogP contribution in [0, 0.1) is 10.4 Å². The Morgan fingerprint density at radius 2 is 1.22 bits per heavy atom. The first-order chi connectivity index (χ1) is 22.3. The molecule has 6 aromatic carbocycles. The van der Waals surface area contributed by atoms with Crippen molar-refractivity contribution in [2.75, 3.05) is 0 Å². The average Bonchev–Trinajstić information content (AvgIpc) is 3.79. The second-order valence-electron chi connectivity index (χ2n) is 11.4. The Morgan fingerprint density at radius 1 is 0.467 bits per heavy atom. The van der Waals surface area contributed by atoms with Crippen molar-refractivity contribution in [3.05, 3.63) is 155 Å². The molecule has 0 bridgehead atoms. The van der Waals surface area contributed by atoms with Crippen molar-refractivity contribution in [2.24, 2.45) is 9.98 Å². The van der Waals surface area contributed by atoms with E-state index in [-0.39, 0.29) is 0 Å². The van der Waals surface area contributed by atoms with Gasteiger partial charge in [0.15, 0.2) is 5.82 Å². The Balaban J connectivity index is 1.28. The van der Waals surface area contributed by atoms with Crippen LogP contribution >= 0.6 is 11.3 Å². The second kappa shape index (κ2) is 9.36. The molecule has 5 heteroatoms. The Bertz CT molecular complexity index is 2750. The highest BCUT2D eigenvalue weighted by Gasteiger charge is 2.26. The molecule has 45 heavy (non-hydrogen) atoms. The Hall–Kier alpha value is -5.78. The zero-order chi connectivity index (χ0) is 29.5. The number of nitrogens with zero attached hydrogens (tertiary/aromatic N) is 4. The topological polar surface area (TPSA) is 50.5 Å². The van der Waals surface area contributed by atoms with E-state index < -0.39 is 0 Å². The number of hydrogen-bond donors (Lipinski definition) is 0. The fourth-order valence-electron chi connectivity index (χ4n) is 6.81. The second-order valence-corrected chi connectivity index (χ2v) is 12.4. The van der Waals surface area contributed by atoms with Crippen LogP contribution in [-0.4, -0.2) is 9.97 Å². The van der Waals surface area contributed by atoms with Crippen molar-refractivity contribution >= 4 is 43.0 Å². The van der Waals surface area contributed by atoms with Gasteiger partial charge in [0.1, 0.15) is 0 Å². The van der Waals surface area contributed by atoms with Gasteiger partial charge in [-0.3, -0.25) is 0 Å². The van der Waals surface area contributed by atoms with Crippen LogP contribution in [0.5, 0.6) is 0 Å². The number of thiophene rings is 1. The normalized spacial score (nSPS) is 12.4. The van der Waals surface area contributed by atoms with Crippen LogP contribution in [0.1, 0.15) is 0 Å². The lowest BCUT2D eigenvalue weighted by atomic mass is 9.96. The molecule has 0 unspecified atom stereocenters. The number of hydrogen-bond acceptors (Lipinski definition) is 5. The van der Waals surface area contributed by atoms with Crippen LogP contribution in [0.15, 0.2) is 143 Å². The zero-order valence-electron chi connectivity index (χ0n) is 23.9. The van der Waals surface area contributed by atoms with E-state index in [0.717, 1.165) is 76.1 Å². The van der Waals surface area contributed by atoms with Gasteiger partial charge in [0.2, 0.25) is 0 Å². The fourth-order valence-corrected chi connectivity index (χ4v) is 8.09. The van der Waals surface area contributed by atoms with Crippen molar-refractivity contribution in [2.45, 2.75) is 0 Å². The third kappa shape index (κ3) is 3.59. The summed E-state index contributed by atoms with van der Waals surface area (Å²) in [5, 5.41) is 5.37. The molecular weight excluding hydrogens is 569 g/mol. The average molecular weight is 591 g/mol. The van der Waals surface area contributed by atoms with Crippen molar-refractivity contribution in [3.8, 4) is 44.9 Å². The molecule has 4 heterocycles. The summed E-state index contributed by atoms with van der Waals surface area (Å²) < 4.78 is 2.31. The molecule has 0 amide bonds. The molecule has 2 aliphatic heterocycles. The SMILES string of the molecule is c1ccc(-c2cccc3c2sc2c(-c4ccccc4)nc(-c4cccc5c4-c4c6c(ccc4=N5)=c4ccccc4=N6)nc23)cc1. The molecule has 208 valence electrons. The molecule has 0 saturated carbocycles. The van der Waals surface area contributed by atoms with Crippen LogP contribution in [0.25, 0.3) is 65.2 Å². The minimum atomic E-state index is 0.694. The van der Waals surface area contributed by atoms with Gasteiger partial charge < -0.3 is 0 Å². The fraction of sp³-hybridized carbons (Fsp3) is 0. The number of fused-ring (bicyclic) bond motifs is 9. The number of para-hydroxylation sites is 1. The van der Waals surface area contributed by atoms with Crippen molar-refractivity contribution < 1.29 is 0 Å². The minimum absolute atomic E-state index is 0.694. The lowest BCUT2D eigenvalue weighted by Gasteiger charge is -2.12. The summed E-state index contributed by atoms with van der Waals surface area (Å²) >= 11 is 1.77. The molecule has 2 aliphatic rings. The summed E-state index contributed by atoms with van der Waals surface area (Å²) in [5.41, 5.74) is 10.4. The van der Waals surface area contributed by atoms with E-state index in [0.29, 0.717) is 5.82 Å². The molecule has 0 radical (unpaired) electrons. The highest BCUT2D eigenvalue weighted by atomic mass is 32.1. The molecule has 0 saturated heterocycles. The summed E-state index contributed by atoms with van der Waals surface area (Å²) in [4.78, 5) is 20.9. The van der Waals surface area contributed by atoms with Gasteiger partial charge in [-0.2, -0.15) is 0 Å². The molecule has 8 aromatic rings. The largest absolute Gasteiger partial charge is 0.248 e. The van der Waals surface area contributed by atoms with Crippen LogP contribution in [0.2, 0.25) is 0 Å². The molecule has 10 rings (SSSR count). The van der Waals surface area contributed by atoms with Crippen LogP contribution < -0.4 is 10.7 Å². The Morgan fingerprint density at radius 3 is 2.09 bits per heavy atom. The van der Waals surface area contributed by atoms with Gasteiger partial charge in [-0.05, 0) is 35.4 Å². The van der Waals surface area contributed by atoms with E-state index in [2.05, 4.69) is 121 Å². The maximum Gasteiger partial charge on any atom is 0.161 e. The molecule has 0 atom stereocenters. The molecule has 0 fully saturated rings. The van der Waals surface area contributed by atoms with Gasteiger partial charge in [-0.25, -0.2) is 20.0 Å². The molecule has 0 spiro atoms. The summed E-state index contributed by atoms with van der Waals surface area (Å²) in [6.45, 7) is 0.